The van der Waals surface area contributed by atoms with Crippen LogP contribution in [0.1, 0.15) is 0 Å². The number of nitrogens with zero attached hydrogens (tertiary/aromatic N) is 2. The van der Waals surface area contributed by atoms with E-state index in [4.69, 9.17) is 17.3 Å². The van der Waals surface area contributed by atoms with Crippen LogP contribution in [-0.2, 0) is 4.79 Å². The van der Waals surface area contributed by atoms with Gasteiger partial charge in [0.2, 0.25) is 0 Å². The Hall–Kier alpha value is -2.41. The van der Waals surface area contributed by atoms with Crippen LogP contribution in [0.2, 0.25) is 0 Å². The molecule has 0 radical (unpaired) electrons. The molecule has 2 aromatic carbocycles. The molecule has 2 aromatic rings. The molecule has 4 rings (SSSR count). The van der Waals surface area contributed by atoms with Gasteiger partial charge in [0.05, 0.1) is 23.7 Å². The van der Waals surface area contributed by atoms with Gasteiger partial charge in [-0.15, -0.1) is 0 Å². The maximum atomic E-state index is 12.5. The van der Waals surface area contributed by atoms with Gasteiger partial charge in [0, 0.05) is 17.8 Å². The lowest BCUT2D eigenvalue weighted by molar-refractivity contribution is -0.122. The first-order valence-corrected chi connectivity index (χ1v) is 9.43. The van der Waals surface area contributed by atoms with Gasteiger partial charge in [0.1, 0.15) is 4.32 Å². The predicted octanol–water partition coefficient (Wildman–Crippen LogP) is 3.79. The number of carbonyl (C=O) groups is 1. The average molecular weight is 380 g/mol. The average Bonchev–Trinajstić information content (AvgIpc) is 2.96. The van der Waals surface area contributed by atoms with Crippen LogP contribution in [0.5, 0.6) is 0 Å². The van der Waals surface area contributed by atoms with E-state index in [1.54, 1.807) is 0 Å². The number of thioether (sulfide) groups is 1. The molecule has 1 N–H and O–H groups in total. The summed E-state index contributed by atoms with van der Waals surface area (Å²) in [5.41, 5.74) is 1.92. The topological polar surface area (TPSA) is 43.8 Å². The Bertz CT molecular complexity index is 973. The number of thiocarbonyl (C=S) groups is 1. The van der Waals surface area contributed by atoms with Crippen molar-refractivity contribution in [1.82, 2.24) is 4.90 Å². The maximum Gasteiger partial charge on any atom is 0.266 e. The van der Waals surface area contributed by atoms with Crippen molar-refractivity contribution in [3.05, 3.63) is 77.5 Å². The number of fused-ring (bicyclic) bond motifs is 1. The van der Waals surface area contributed by atoms with Crippen LogP contribution in [0.15, 0.2) is 77.5 Å². The maximum absolute atomic E-state index is 12.5. The highest BCUT2D eigenvalue weighted by Crippen LogP contribution is 2.36. The molecule has 0 aromatic heterocycles. The molecule has 1 amide bonds. The summed E-state index contributed by atoms with van der Waals surface area (Å²) in [5, 5.41) is 11.4. The summed E-state index contributed by atoms with van der Waals surface area (Å²) < 4.78 is 0.491. The van der Waals surface area contributed by atoms with Crippen LogP contribution >= 0.6 is 24.0 Å². The van der Waals surface area contributed by atoms with Crippen molar-refractivity contribution in [2.75, 3.05) is 18.1 Å². The zero-order chi connectivity index (χ0) is 18.1. The summed E-state index contributed by atoms with van der Waals surface area (Å²) in [6.45, 7) is 0.132. The van der Waals surface area contributed by atoms with Gasteiger partial charge in [-0.1, -0.05) is 60.4 Å². The summed E-state index contributed by atoms with van der Waals surface area (Å²) in [7, 11) is 0. The first kappa shape index (κ1) is 17.0. The third-order valence-electron chi connectivity index (χ3n) is 4.31. The highest BCUT2D eigenvalue weighted by atomic mass is 32.2. The SMILES string of the molecule is O=C1C(=C2C=CN(c3cccc4ccccc34)C=C2)SC(=S)N1CCO. The molecular weight excluding hydrogens is 364 g/mol. The van der Waals surface area contributed by atoms with Crippen LogP contribution in [0, 0.1) is 0 Å². The van der Waals surface area contributed by atoms with E-state index < -0.39 is 0 Å². The lowest BCUT2D eigenvalue weighted by Crippen LogP contribution is -2.31. The van der Waals surface area contributed by atoms with Crippen LogP contribution in [0.4, 0.5) is 5.69 Å². The third kappa shape index (κ3) is 2.96. The second-order valence-corrected chi connectivity index (χ2v) is 7.51. The number of amides is 1. The summed E-state index contributed by atoms with van der Waals surface area (Å²) in [4.78, 5) is 16.6. The molecule has 0 unspecified atom stereocenters. The van der Waals surface area contributed by atoms with Gasteiger partial charge in [0.15, 0.2) is 0 Å². The minimum absolute atomic E-state index is 0.102. The number of aliphatic hydroxyl groups excluding tert-OH is 1. The Morgan fingerprint density at radius 1 is 1.04 bits per heavy atom. The van der Waals surface area contributed by atoms with Crippen molar-refractivity contribution in [3.63, 3.8) is 0 Å². The molecular formula is C20H16N2O2S2. The van der Waals surface area contributed by atoms with E-state index in [9.17, 15) is 4.79 Å². The number of allylic oxidation sites excluding steroid dienone is 3. The zero-order valence-corrected chi connectivity index (χ0v) is 15.5. The van der Waals surface area contributed by atoms with Gasteiger partial charge in [-0.05, 0) is 29.2 Å². The molecule has 0 spiro atoms. The largest absolute Gasteiger partial charge is 0.395 e. The zero-order valence-electron chi connectivity index (χ0n) is 13.8. The number of β-amino-alcohol motifs (C(OH)–C–C–N with tert-alkyl or cyclic N) is 1. The molecule has 26 heavy (non-hydrogen) atoms. The van der Waals surface area contributed by atoms with Crippen LogP contribution in [0.25, 0.3) is 10.8 Å². The quantitative estimate of drug-likeness (QED) is 0.648. The molecule has 130 valence electrons. The number of aliphatic hydroxyl groups is 1. The Morgan fingerprint density at radius 3 is 2.54 bits per heavy atom. The molecule has 6 heteroatoms. The minimum atomic E-state index is -0.142. The molecule has 0 bridgehead atoms. The van der Waals surface area contributed by atoms with E-state index in [2.05, 4.69) is 24.3 Å². The van der Waals surface area contributed by atoms with E-state index in [-0.39, 0.29) is 19.1 Å². The molecule has 0 saturated carbocycles. The number of carbonyl (C=O) groups excluding carboxylic acids is 1. The van der Waals surface area contributed by atoms with Crippen molar-refractivity contribution < 1.29 is 9.90 Å². The van der Waals surface area contributed by atoms with E-state index in [0.29, 0.717) is 9.23 Å². The number of hydrogen-bond acceptors (Lipinski definition) is 5. The lowest BCUT2D eigenvalue weighted by atomic mass is 10.1. The van der Waals surface area contributed by atoms with E-state index in [1.165, 1.54) is 27.4 Å². The summed E-state index contributed by atoms with van der Waals surface area (Å²) in [6.07, 6.45) is 7.76. The second kappa shape index (κ2) is 7.07. The first-order chi connectivity index (χ1) is 12.7. The third-order valence-corrected chi connectivity index (χ3v) is 5.79. The minimum Gasteiger partial charge on any atom is -0.395 e. The van der Waals surface area contributed by atoms with Gasteiger partial charge >= 0.3 is 0 Å². The molecule has 1 fully saturated rings. The van der Waals surface area contributed by atoms with Gasteiger partial charge in [-0.25, -0.2) is 0 Å². The van der Waals surface area contributed by atoms with Crippen LogP contribution in [0.3, 0.4) is 0 Å². The number of rotatable bonds is 3. The molecule has 0 atom stereocenters. The van der Waals surface area contributed by atoms with Gasteiger partial charge in [0.25, 0.3) is 5.91 Å². The highest BCUT2D eigenvalue weighted by Gasteiger charge is 2.33. The number of hydrogen-bond donors (Lipinski definition) is 1. The first-order valence-electron chi connectivity index (χ1n) is 8.20. The number of benzene rings is 2. The monoisotopic (exact) mass is 380 g/mol. The van der Waals surface area contributed by atoms with Gasteiger partial charge in [-0.3, -0.25) is 9.69 Å². The Kier molecular flexibility index (Phi) is 4.63. The van der Waals surface area contributed by atoms with Crippen molar-refractivity contribution in [2.24, 2.45) is 0 Å². The van der Waals surface area contributed by atoms with Gasteiger partial charge < -0.3 is 10.0 Å². The predicted molar refractivity (Wildman–Crippen MR) is 111 cm³/mol. The molecule has 2 heterocycles. The molecule has 1 saturated heterocycles. The Labute approximate surface area is 161 Å². The van der Waals surface area contributed by atoms with Crippen molar-refractivity contribution in [3.8, 4) is 0 Å². The summed E-state index contributed by atoms with van der Waals surface area (Å²) >= 11 is 6.53. The van der Waals surface area contributed by atoms with Crippen LogP contribution < -0.4 is 4.90 Å². The highest BCUT2D eigenvalue weighted by molar-refractivity contribution is 8.26. The van der Waals surface area contributed by atoms with E-state index in [0.717, 1.165) is 11.3 Å². The summed E-state index contributed by atoms with van der Waals surface area (Å²) in [6, 6.07) is 14.4. The van der Waals surface area contributed by atoms with Crippen LogP contribution in [-0.4, -0.2) is 33.4 Å². The fourth-order valence-corrected chi connectivity index (χ4v) is 4.37. The van der Waals surface area contributed by atoms with Crippen molar-refractivity contribution in [2.45, 2.75) is 0 Å². The molecule has 2 aliphatic rings. The number of anilines is 1. The molecule has 4 nitrogen and oxygen atoms in total. The van der Waals surface area contributed by atoms with Gasteiger partial charge in [-0.2, -0.15) is 0 Å². The smallest absolute Gasteiger partial charge is 0.266 e. The van der Waals surface area contributed by atoms with Crippen molar-refractivity contribution >= 4 is 50.7 Å². The lowest BCUT2D eigenvalue weighted by Gasteiger charge is -2.21. The summed E-state index contributed by atoms with van der Waals surface area (Å²) in [5.74, 6) is -0.142. The Balaban J connectivity index is 1.64. The normalized spacial score (nSPS) is 17.1. The van der Waals surface area contributed by atoms with Crippen molar-refractivity contribution in [1.29, 1.82) is 0 Å². The molecule has 0 aliphatic carbocycles. The standard InChI is InChI=1S/C20H16N2O2S2/c23-13-12-22-19(24)18(26-20(22)25)15-8-10-21(11-9-15)17-7-3-5-14-4-1-2-6-16(14)17/h1-11,23H,12-13H2. The molecule has 2 aliphatic heterocycles. The fraction of sp³-hybridized carbons (Fsp3) is 0.100. The fourth-order valence-electron chi connectivity index (χ4n) is 3.04. The van der Waals surface area contributed by atoms with E-state index >= 15 is 0 Å². The van der Waals surface area contributed by atoms with E-state index in [1.807, 2.05) is 47.7 Å². The Morgan fingerprint density at radius 2 is 1.77 bits per heavy atom. The second-order valence-electron chi connectivity index (χ2n) is 5.87.